The van der Waals surface area contributed by atoms with Gasteiger partial charge in [0.2, 0.25) is 11.8 Å². The SMILES string of the molecule is CNC(=O)[C@@]12CCC3(CCN(CC4CC4)CC3)[C@@H]1CN(C(C)=O)C2. The number of hydrogen-bond donors (Lipinski definition) is 1. The number of likely N-dealkylation sites (tertiary alicyclic amines) is 2. The highest BCUT2D eigenvalue weighted by atomic mass is 16.2. The largest absolute Gasteiger partial charge is 0.359 e. The van der Waals surface area contributed by atoms with Crippen molar-refractivity contribution in [3.05, 3.63) is 0 Å². The molecular weight excluding hydrogens is 302 g/mol. The van der Waals surface area contributed by atoms with E-state index in [1.807, 2.05) is 4.90 Å². The molecule has 1 N–H and O–H groups in total. The number of piperidine rings is 1. The third-order valence-corrected chi connectivity index (χ3v) is 7.54. The van der Waals surface area contributed by atoms with Gasteiger partial charge in [-0.3, -0.25) is 9.59 Å². The van der Waals surface area contributed by atoms with Gasteiger partial charge < -0.3 is 15.1 Å². The third kappa shape index (κ3) is 2.47. The Morgan fingerprint density at radius 1 is 1.12 bits per heavy atom. The van der Waals surface area contributed by atoms with E-state index >= 15 is 0 Å². The van der Waals surface area contributed by atoms with Gasteiger partial charge >= 0.3 is 0 Å². The number of nitrogens with zero attached hydrogens (tertiary/aromatic N) is 2. The maximum absolute atomic E-state index is 12.8. The Bertz CT molecular complexity index is 537. The molecule has 2 amide bonds. The van der Waals surface area contributed by atoms with Crippen molar-refractivity contribution in [2.75, 3.05) is 39.8 Å². The van der Waals surface area contributed by atoms with Crippen molar-refractivity contribution < 1.29 is 9.59 Å². The number of hydrogen-bond acceptors (Lipinski definition) is 3. The molecule has 2 atom stereocenters. The Hall–Kier alpha value is -1.10. The molecule has 0 aromatic heterocycles. The molecule has 2 aliphatic carbocycles. The lowest BCUT2D eigenvalue weighted by Gasteiger charge is -2.44. The van der Waals surface area contributed by atoms with E-state index in [0.717, 1.165) is 25.3 Å². The second-order valence-corrected chi connectivity index (χ2v) is 8.79. The first-order valence-corrected chi connectivity index (χ1v) is 9.69. The lowest BCUT2D eigenvalue weighted by molar-refractivity contribution is -0.133. The van der Waals surface area contributed by atoms with Gasteiger partial charge in [0.15, 0.2) is 0 Å². The molecule has 2 aliphatic heterocycles. The fourth-order valence-corrected chi connectivity index (χ4v) is 5.87. The third-order valence-electron chi connectivity index (χ3n) is 7.54. The van der Waals surface area contributed by atoms with Crippen LogP contribution in [0.5, 0.6) is 0 Å². The van der Waals surface area contributed by atoms with E-state index in [1.54, 1.807) is 14.0 Å². The smallest absolute Gasteiger partial charge is 0.228 e. The summed E-state index contributed by atoms with van der Waals surface area (Å²) < 4.78 is 0. The minimum atomic E-state index is -0.334. The van der Waals surface area contributed by atoms with Crippen molar-refractivity contribution in [1.29, 1.82) is 0 Å². The highest BCUT2D eigenvalue weighted by Gasteiger charge is 2.64. The van der Waals surface area contributed by atoms with Gasteiger partial charge in [-0.1, -0.05) is 0 Å². The number of carbonyl (C=O) groups excluding carboxylic acids is 2. The summed E-state index contributed by atoms with van der Waals surface area (Å²) in [6.07, 6.45) is 7.34. The molecule has 4 aliphatic rings. The first-order chi connectivity index (χ1) is 11.5. The van der Waals surface area contributed by atoms with E-state index in [4.69, 9.17) is 0 Å². The molecule has 2 heterocycles. The van der Waals surface area contributed by atoms with Gasteiger partial charge in [0.1, 0.15) is 0 Å². The van der Waals surface area contributed by atoms with E-state index in [1.165, 1.54) is 45.3 Å². The Morgan fingerprint density at radius 3 is 2.42 bits per heavy atom. The van der Waals surface area contributed by atoms with Crippen molar-refractivity contribution in [2.45, 2.75) is 45.4 Å². The Balaban J connectivity index is 1.53. The van der Waals surface area contributed by atoms with Crippen LogP contribution in [-0.2, 0) is 9.59 Å². The Morgan fingerprint density at radius 2 is 1.83 bits per heavy atom. The van der Waals surface area contributed by atoms with Gasteiger partial charge in [-0.25, -0.2) is 0 Å². The summed E-state index contributed by atoms with van der Waals surface area (Å²) in [4.78, 5) is 29.3. The van der Waals surface area contributed by atoms with Crippen LogP contribution in [0.15, 0.2) is 0 Å². The number of rotatable bonds is 3. The van der Waals surface area contributed by atoms with Crippen molar-refractivity contribution in [2.24, 2.45) is 22.7 Å². The lowest BCUT2D eigenvalue weighted by atomic mass is 9.65. The molecule has 1 spiro atoms. The molecule has 0 unspecified atom stereocenters. The van der Waals surface area contributed by atoms with Crippen molar-refractivity contribution in [3.63, 3.8) is 0 Å². The molecular formula is C19H31N3O2. The minimum Gasteiger partial charge on any atom is -0.359 e. The summed E-state index contributed by atoms with van der Waals surface area (Å²) in [6, 6.07) is 0. The normalized spacial score (nSPS) is 35.2. The molecule has 5 heteroatoms. The maximum atomic E-state index is 12.8. The summed E-state index contributed by atoms with van der Waals surface area (Å²) in [5.74, 6) is 1.58. The molecule has 4 fully saturated rings. The predicted octanol–water partition coefficient (Wildman–Crippen LogP) is 1.48. The van der Waals surface area contributed by atoms with E-state index < -0.39 is 0 Å². The summed E-state index contributed by atoms with van der Waals surface area (Å²) in [5, 5.41) is 2.91. The molecule has 134 valence electrons. The van der Waals surface area contributed by atoms with Gasteiger partial charge in [-0.05, 0) is 68.9 Å². The number of nitrogens with one attached hydrogen (secondary N) is 1. The maximum Gasteiger partial charge on any atom is 0.228 e. The van der Waals surface area contributed by atoms with Gasteiger partial charge in [-0.15, -0.1) is 0 Å². The van der Waals surface area contributed by atoms with Crippen LogP contribution >= 0.6 is 0 Å². The van der Waals surface area contributed by atoms with Crippen LogP contribution in [0.25, 0.3) is 0 Å². The van der Waals surface area contributed by atoms with E-state index in [-0.39, 0.29) is 22.6 Å². The molecule has 0 aromatic rings. The quantitative estimate of drug-likeness (QED) is 0.851. The molecule has 4 rings (SSSR count). The van der Waals surface area contributed by atoms with Crippen molar-refractivity contribution in [3.8, 4) is 0 Å². The fourth-order valence-electron chi connectivity index (χ4n) is 5.87. The molecule has 24 heavy (non-hydrogen) atoms. The van der Waals surface area contributed by atoms with E-state index in [9.17, 15) is 9.59 Å². The summed E-state index contributed by atoms with van der Waals surface area (Å²) in [6.45, 7) is 6.68. The van der Waals surface area contributed by atoms with Crippen LogP contribution in [0.3, 0.4) is 0 Å². The van der Waals surface area contributed by atoms with Crippen LogP contribution < -0.4 is 5.32 Å². The van der Waals surface area contributed by atoms with Gasteiger partial charge in [0.05, 0.1) is 5.41 Å². The molecule has 2 saturated carbocycles. The first-order valence-electron chi connectivity index (χ1n) is 9.69. The predicted molar refractivity (Wildman–Crippen MR) is 92.3 cm³/mol. The second kappa shape index (κ2) is 5.72. The van der Waals surface area contributed by atoms with E-state index in [0.29, 0.717) is 12.5 Å². The number of amides is 2. The summed E-state index contributed by atoms with van der Waals surface area (Å²) >= 11 is 0. The molecule has 0 radical (unpaired) electrons. The highest BCUT2D eigenvalue weighted by Crippen LogP contribution is 2.62. The zero-order valence-electron chi connectivity index (χ0n) is 15.1. The minimum absolute atomic E-state index is 0.119. The molecule has 0 aromatic carbocycles. The molecule has 5 nitrogen and oxygen atoms in total. The van der Waals surface area contributed by atoms with E-state index in [2.05, 4.69) is 10.2 Å². The average molecular weight is 333 g/mol. The van der Waals surface area contributed by atoms with Gasteiger partial charge in [-0.2, -0.15) is 0 Å². The number of carbonyl (C=O) groups is 2. The van der Waals surface area contributed by atoms with Crippen LogP contribution in [0.4, 0.5) is 0 Å². The van der Waals surface area contributed by atoms with Crippen molar-refractivity contribution in [1.82, 2.24) is 15.1 Å². The molecule has 0 bridgehead atoms. The summed E-state index contributed by atoms with van der Waals surface area (Å²) in [5.41, 5.74) is -0.0597. The first kappa shape index (κ1) is 16.4. The summed E-state index contributed by atoms with van der Waals surface area (Å²) in [7, 11) is 1.74. The highest BCUT2D eigenvalue weighted by molar-refractivity contribution is 5.85. The fraction of sp³-hybridized carbons (Fsp3) is 0.895. The van der Waals surface area contributed by atoms with Crippen LogP contribution in [0.2, 0.25) is 0 Å². The van der Waals surface area contributed by atoms with Crippen LogP contribution in [0.1, 0.15) is 45.4 Å². The zero-order valence-corrected chi connectivity index (χ0v) is 15.1. The van der Waals surface area contributed by atoms with Gasteiger partial charge in [0, 0.05) is 33.6 Å². The average Bonchev–Trinajstić information content (AvgIpc) is 3.21. The topological polar surface area (TPSA) is 52.7 Å². The monoisotopic (exact) mass is 333 g/mol. The standard InChI is InChI=1S/C19H31N3O2/c1-14(23)22-12-16-18(5-6-19(16,13-22)17(24)20-2)7-9-21(10-8-18)11-15-3-4-15/h15-16H,3-13H2,1-2H3,(H,20,24)/t16-,19+/m0/s1. The number of fused-ring (bicyclic) bond motifs is 2. The van der Waals surface area contributed by atoms with Crippen LogP contribution in [0, 0.1) is 22.7 Å². The Kier molecular flexibility index (Phi) is 3.90. The second-order valence-electron chi connectivity index (χ2n) is 8.79. The molecule has 2 saturated heterocycles. The van der Waals surface area contributed by atoms with Gasteiger partial charge in [0.25, 0.3) is 0 Å². The Labute approximate surface area is 145 Å². The lowest BCUT2D eigenvalue weighted by Crippen LogP contribution is -2.48. The zero-order chi connectivity index (χ0) is 16.9. The van der Waals surface area contributed by atoms with Crippen LogP contribution in [-0.4, -0.2) is 61.4 Å². The van der Waals surface area contributed by atoms with Crippen molar-refractivity contribution >= 4 is 11.8 Å².